The van der Waals surface area contributed by atoms with Gasteiger partial charge in [-0.2, -0.15) is 0 Å². The van der Waals surface area contributed by atoms with E-state index < -0.39 is 5.97 Å². The van der Waals surface area contributed by atoms with Crippen molar-refractivity contribution in [2.45, 2.75) is 13.8 Å². The maximum atomic E-state index is 11.1. The van der Waals surface area contributed by atoms with Crippen LogP contribution in [0, 0.1) is 0 Å². The zero-order chi connectivity index (χ0) is 10.3. The zero-order valence-electron chi connectivity index (χ0n) is 7.94. The molecule has 1 N–H and O–H groups in total. The molecule has 72 valence electrons. The lowest BCUT2D eigenvalue weighted by Crippen LogP contribution is -2.04. The van der Waals surface area contributed by atoms with Crippen LogP contribution in [-0.2, 0) is 9.53 Å². The second kappa shape index (κ2) is 5.99. The first kappa shape index (κ1) is 11.4. The molecule has 13 heavy (non-hydrogen) atoms. The van der Waals surface area contributed by atoms with Gasteiger partial charge in [-0.05, 0) is 26.0 Å². The molecule has 4 heteroatoms. The summed E-state index contributed by atoms with van der Waals surface area (Å²) in [6, 6.07) is 0. The largest absolute Gasteiger partial charge is 0.465 e. The molecule has 0 fully saturated rings. The second-order valence-electron chi connectivity index (χ2n) is 2.53. The van der Waals surface area contributed by atoms with Gasteiger partial charge in [0.15, 0.2) is 0 Å². The maximum absolute atomic E-state index is 11.1. The summed E-state index contributed by atoms with van der Waals surface area (Å²) < 4.78 is 4.55. The van der Waals surface area contributed by atoms with E-state index in [0.29, 0.717) is 5.57 Å². The van der Waals surface area contributed by atoms with Gasteiger partial charge in [0, 0.05) is 0 Å². The summed E-state index contributed by atoms with van der Waals surface area (Å²) in [5, 5.41) is 10.9. The summed E-state index contributed by atoms with van der Waals surface area (Å²) in [6.07, 6.45) is 4.16. The van der Waals surface area contributed by atoms with Gasteiger partial charge in [-0.1, -0.05) is 10.7 Å². The van der Waals surface area contributed by atoms with Gasteiger partial charge in [0.25, 0.3) is 0 Å². The molecular formula is C9H13NO3. The molecule has 0 radical (unpaired) electrons. The average molecular weight is 183 g/mol. The van der Waals surface area contributed by atoms with E-state index in [2.05, 4.69) is 9.89 Å². The highest BCUT2D eigenvalue weighted by molar-refractivity contribution is 5.93. The number of hydrogen-bond donors (Lipinski definition) is 1. The molecule has 0 unspecified atom stereocenters. The molecule has 0 aliphatic heterocycles. The van der Waals surface area contributed by atoms with Crippen LogP contribution in [0.5, 0.6) is 0 Å². The Bertz CT molecular complexity index is 260. The fraction of sp³-hybridized carbons (Fsp3) is 0.333. The Balaban J connectivity index is 4.66. The second-order valence-corrected chi connectivity index (χ2v) is 2.53. The molecule has 0 spiro atoms. The number of nitrogens with zero attached hydrogens (tertiary/aromatic N) is 1. The lowest BCUT2D eigenvalue weighted by molar-refractivity contribution is -0.135. The summed E-state index contributed by atoms with van der Waals surface area (Å²) in [4.78, 5) is 11.1. The first-order valence-corrected chi connectivity index (χ1v) is 3.73. The molecule has 0 aromatic carbocycles. The zero-order valence-corrected chi connectivity index (χ0v) is 7.94. The SMILES string of the molecule is COC(=O)C(/C=C\C=N\O)=C(C)C. The van der Waals surface area contributed by atoms with Crippen molar-refractivity contribution in [3.8, 4) is 0 Å². The van der Waals surface area contributed by atoms with Gasteiger partial charge < -0.3 is 9.94 Å². The topological polar surface area (TPSA) is 58.9 Å². The number of esters is 1. The minimum atomic E-state index is -0.400. The molecule has 0 bridgehead atoms. The van der Waals surface area contributed by atoms with Gasteiger partial charge in [-0.3, -0.25) is 0 Å². The van der Waals surface area contributed by atoms with Gasteiger partial charge in [-0.25, -0.2) is 4.79 Å². The van der Waals surface area contributed by atoms with E-state index in [4.69, 9.17) is 5.21 Å². The van der Waals surface area contributed by atoms with Gasteiger partial charge in [-0.15, -0.1) is 0 Å². The van der Waals surface area contributed by atoms with E-state index in [9.17, 15) is 4.79 Å². The smallest absolute Gasteiger partial charge is 0.337 e. The summed E-state index contributed by atoms with van der Waals surface area (Å²) >= 11 is 0. The lowest BCUT2D eigenvalue weighted by atomic mass is 10.1. The number of allylic oxidation sites excluding steroid dienone is 2. The monoisotopic (exact) mass is 183 g/mol. The number of methoxy groups -OCH3 is 1. The van der Waals surface area contributed by atoms with Crippen molar-refractivity contribution in [1.29, 1.82) is 0 Å². The quantitative estimate of drug-likeness (QED) is 0.180. The van der Waals surface area contributed by atoms with Crippen LogP contribution in [0.2, 0.25) is 0 Å². The Morgan fingerprint density at radius 2 is 2.08 bits per heavy atom. The number of carbonyl (C=O) groups excluding carboxylic acids is 1. The minimum Gasteiger partial charge on any atom is -0.465 e. The van der Waals surface area contributed by atoms with Crippen molar-refractivity contribution in [3.63, 3.8) is 0 Å². The predicted octanol–water partition coefficient (Wildman–Crippen LogP) is 1.51. The van der Waals surface area contributed by atoms with E-state index >= 15 is 0 Å². The summed E-state index contributed by atoms with van der Waals surface area (Å²) in [6.45, 7) is 3.60. The third kappa shape index (κ3) is 4.10. The van der Waals surface area contributed by atoms with Crippen LogP contribution in [0.1, 0.15) is 13.8 Å². The molecule has 4 nitrogen and oxygen atoms in total. The number of hydrogen-bond acceptors (Lipinski definition) is 4. The Labute approximate surface area is 77.2 Å². The Morgan fingerprint density at radius 1 is 1.46 bits per heavy atom. The molecule has 0 amide bonds. The van der Waals surface area contributed by atoms with Crippen LogP contribution >= 0.6 is 0 Å². The highest BCUT2D eigenvalue weighted by Gasteiger charge is 2.06. The van der Waals surface area contributed by atoms with Crippen LogP contribution in [-0.4, -0.2) is 24.5 Å². The fourth-order valence-corrected chi connectivity index (χ4v) is 0.727. The number of ether oxygens (including phenoxy) is 1. The van der Waals surface area contributed by atoms with E-state index in [1.54, 1.807) is 13.8 Å². The van der Waals surface area contributed by atoms with Gasteiger partial charge >= 0.3 is 5.97 Å². The van der Waals surface area contributed by atoms with Crippen LogP contribution < -0.4 is 0 Å². The van der Waals surface area contributed by atoms with Crippen molar-refractivity contribution in [2.75, 3.05) is 7.11 Å². The van der Waals surface area contributed by atoms with Gasteiger partial charge in [0.1, 0.15) is 0 Å². The summed E-state index contributed by atoms with van der Waals surface area (Å²) in [7, 11) is 1.32. The highest BCUT2D eigenvalue weighted by Crippen LogP contribution is 2.06. The molecule has 0 saturated carbocycles. The van der Waals surface area contributed by atoms with Crippen molar-refractivity contribution in [1.82, 2.24) is 0 Å². The van der Waals surface area contributed by atoms with Crippen molar-refractivity contribution >= 4 is 12.2 Å². The Kier molecular flexibility index (Phi) is 5.27. The summed E-state index contributed by atoms with van der Waals surface area (Å²) in [5.74, 6) is -0.400. The third-order valence-electron chi connectivity index (χ3n) is 1.36. The predicted molar refractivity (Wildman–Crippen MR) is 49.8 cm³/mol. The van der Waals surface area contributed by atoms with Gasteiger partial charge in [0.05, 0.1) is 18.9 Å². The van der Waals surface area contributed by atoms with E-state index in [-0.39, 0.29) is 0 Å². The maximum Gasteiger partial charge on any atom is 0.337 e. The molecule has 0 aliphatic rings. The molecule has 0 heterocycles. The molecular weight excluding hydrogens is 170 g/mol. The van der Waals surface area contributed by atoms with Crippen LogP contribution in [0.15, 0.2) is 28.5 Å². The number of oxime groups is 1. The summed E-state index contributed by atoms with van der Waals surface area (Å²) in [5.41, 5.74) is 1.30. The number of carbonyl (C=O) groups is 1. The molecule has 0 aliphatic carbocycles. The fourth-order valence-electron chi connectivity index (χ4n) is 0.727. The Morgan fingerprint density at radius 3 is 2.46 bits per heavy atom. The van der Waals surface area contributed by atoms with Crippen LogP contribution in [0.4, 0.5) is 0 Å². The molecule has 0 rings (SSSR count). The molecule has 0 aromatic heterocycles. The van der Waals surface area contributed by atoms with Crippen molar-refractivity contribution in [3.05, 3.63) is 23.3 Å². The van der Waals surface area contributed by atoms with E-state index in [0.717, 1.165) is 5.57 Å². The van der Waals surface area contributed by atoms with Crippen molar-refractivity contribution in [2.24, 2.45) is 5.16 Å². The number of rotatable bonds is 3. The molecule has 0 saturated heterocycles. The molecule has 0 atom stereocenters. The lowest BCUT2D eigenvalue weighted by Gasteiger charge is -2.00. The first-order valence-electron chi connectivity index (χ1n) is 3.73. The minimum absolute atomic E-state index is 0.400. The van der Waals surface area contributed by atoms with Gasteiger partial charge in [0.2, 0.25) is 0 Å². The third-order valence-corrected chi connectivity index (χ3v) is 1.36. The van der Waals surface area contributed by atoms with E-state index in [1.165, 1.54) is 25.5 Å². The normalized spacial score (nSPS) is 10.7. The van der Waals surface area contributed by atoms with Crippen LogP contribution in [0.25, 0.3) is 0 Å². The average Bonchev–Trinajstić information content (AvgIpc) is 2.11. The van der Waals surface area contributed by atoms with Crippen LogP contribution in [0.3, 0.4) is 0 Å². The molecule has 0 aromatic rings. The van der Waals surface area contributed by atoms with Crippen molar-refractivity contribution < 1.29 is 14.7 Å². The Hall–Kier alpha value is -1.58. The highest BCUT2D eigenvalue weighted by atomic mass is 16.5. The standard InChI is InChI=1S/C9H13NO3/c1-7(2)8(9(11)13-3)5-4-6-10-12/h4-6,12H,1-3H3/b5-4-,10-6+. The van der Waals surface area contributed by atoms with E-state index in [1.807, 2.05) is 0 Å². The first-order chi connectivity index (χ1) is 6.13.